The lowest BCUT2D eigenvalue weighted by atomic mass is 10.1. The highest BCUT2D eigenvalue weighted by Gasteiger charge is 2.11. The number of halogens is 2. The molecule has 0 amide bonds. The van der Waals surface area contributed by atoms with Crippen LogP contribution in [-0.4, -0.2) is 22.9 Å². The number of ether oxygens (including phenoxy) is 1. The third kappa shape index (κ3) is 3.35. The number of rotatable bonds is 4. The van der Waals surface area contributed by atoms with Crippen molar-refractivity contribution in [2.45, 2.75) is 6.42 Å². The molecule has 4 nitrogen and oxygen atoms in total. The van der Waals surface area contributed by atoms with E-state index in [4.69, 9.17) is 4.74 Å². The Hall–Kier alpha value is -1.82. The van der Waals surface area contributed by atoms with E-state index in [1.54, 1.807) is 12.1 Å². The van der Waals surface area contributed by atoms with Crippen LogP contribution in [0.2, 0.25) is 0 Å². The molecule has 1 heterocycles. The first-order chi connectivity index (χ1) is 9.10. The van der Waals surface area contributed by atoms with Gasteiger partial charge in [-0.15, -0.1) is 0 Å². The predicted octanol–water partition coefficient (Wildman–Crippen LogP) is 2.81. The molecule has 19 heavy (non-hydrogen) atoms. The van der Waals surface area contributed by atoms with Gasteiger partial charge in [0.05, 0.1) is 23.7 Å². The average molecular weight is 325 g/mol. The van der Waals surface area contributed by atoms with Crippen molar-refractivity contribution in [2.24, 2.45) is 0 Å². The molecule has 0 saturated carbocycles. The minimum absolute atomic E-state index is 0.0694. The smallest absolute Gasteiger partial charge is 0.216 e. The van der Waals surface area contributed by atoms with Crippen molar-refractivity contribution in [1.82, 2.24) is 9.97 Å². The molecule has 0 unspecified atom stereocenters. The number of methoxy groups -OCH3 is 1. The van der Waals surface area contributed by atoms with Gasteiger partial charge >= 0.3 is 0 Å². The Morgan fingerprint density at radius 3 is 2.84 bits per heavy atom. The summed E-state index contributed by atoms with van der Waals surface area (Å²) in [4.78, 5) is 19.8. The lowest BCUT2D eigenvalue weighted by Crippen LogP contribution is -2.06. The summed E-state index contributed by atoms with van der Waals surface area (Å²) in [5, 5.41) is 0. The first-order valence-electron chi connectivity index (χ1n) is 5.43. The van der Waals surface area contributed by atoms with E-state index in [1.165, 1.54) is 25.6 Å². The van der Waals surface area contributed by atoms with Crippen LogP contribution in [-0.2, 0) is 6.42 Å². The minimum Gasteiger partial charge on any atom is -0.481 e. The molecule has 0 aliphatic carbocycles. The number of nitrogens with zero attached hydrogens (tertiary/aromatic N) is 2. The lowest BCUT2D eigenvalue weighted by molar-refractivity contribution is 0.0991. The van der Waals surface area contributed by atoms with Crippen LogP contribution >= 0.6 is 15.9 Å². The van der Waals surface area contributed by atoms with E-state index in [2.05, 4.69) is 25.9 Å². The molecule has 0 atom stereocenters. The number of carbonyl (C=O) groups excluding carboxylic acids is 1. The highest BCUT2D eigenvalue weighted by atomic mass is 79.9. The molecule has 0 N–H and O–H groups in total. The van der Waals surface area contributed by atoms with E-state index >= 15 is 0 Å². The van der Waals surface area contributed by atoms with Crippen molar-refractivity contribution in [3.05, 3.63) is 52.1 Å². The molecule has 2 rings (SSSR count). The third-order valence-electron chi connectivity index (χ3n) is 2.49. The number of ketones is 1. The SMILES string of the molecule is COc1cc(CC(=O)c2ccc(Br)c(F)c2)ncn1. The van der Waals surface area contributed by atoms with Crippen molar-refractivity contribution in [2.75, 3.05) is 7.11 Å². The van der Waals surface area contributed by atoms with Crippen LogP contribution in [0.1, 0.15) is 16.1 Å². The van der Waals surface area contributed by atoms with Gasteiger partial charge in [-0.2, -0.15) is 0 Å². The van der Waals surface area contributed by atoms with Crippen LogP contribution in [0.5, 0.6) is 5.88 Å². The van der Waals surface area contributed by atoms with Crippen LogP contribution < -0.4 is 4.74 Å². The van der Waals surface area contributed by atoms with Crippen molar-refractivity contribution >= 4 is 21.7 Å². The zero-order chi connectivity index (χ0) is 13.8. The fourth-order valence-electron chi connectivity index (χ4n) is 1.52. The normalized spacial score (nSPS) is 10.3. The van der Waals surface area contributed by atoms with Gasteiger partial charge in [0, 0.05) is 11.6 Å². The van der Waals surface area contributed by atoms with E-state index in [0.717, 1.165) is 0 Å². The quantitative estimate of drug-likeness (QED) is 0.811. The number of aromatic nitrogens is 2. The molecule has 0 spiro atoms. The minimum atomic E-state index is -0.467. The van der Waals surface area contributed by atoms with Gasteiger partial charge in [-0.05, 0) is 28.1 Å². The summed E-state index contributed by atoms with van der Waals surface area (Å²) in [6.07, 6.45) is 1.39. The molecule has 0 bridgehead atoms. The van der Waals surface area contributed by atoms with Gasteiger partial charge < -0.3 is 4.74 Å². The summed E-state index contributed by atoms with van der Waals surface area (Å²) in [6, 6.07) is 5.84. The van der Waals surface area contributed by atoms with Crippen molar-refractivity contribution in [3.63, 3.8) is 0 Å². The standard InChI is InChI=1S/C13H10BrFN2O2/c1-19-13-6-9(16-7-17-13)5-12(18)8-2-3-10(14)11(15)4-8/h2-4,6-7H,5H2,1H3. The van der Waals surface area contributed by atoms with Gasteiger partial charge in [0.1, 0.15) is 12.1 Å². The van der Waals surface area contributed by atoms with E-state index < -0.39 is 5.82 Å². The van der Waals surface area contributed by atoms with Crippen LogP contribution in [0, 0.1) is 5.82 Å². The predicted molar refractivity (Wildman–Crippen MR) is 70.7 cm³/mol. The fourth-order valence-corrected chi connectivity index (χ4v) is 1.77. The van der Waals surface area contributed by atoms with Crippen LogP contribution in [0.15, 0.2) is 35.1 Å². The molecule has 1 aromatic heterocycles. The van der Waals surface area contributed by atoms with Crippen LogP contribution in [0.25, 0.3) is 0 Å². The zero-order valence-electron chi connectivity index (χ0n) is 10.1. The maximum atomic E-state index is 13.4. The summed E-state index contributed by atoms with van der Waals surface area (Å²) in [5.41, 5.74) is 0.832. The average Bonchev–Trinajstić information content (AvgIpc) is 2.42. The molecule has 0 aliphatic rings. The number of hydrogen-bond donors (Lipinski definition) is 0. The zero-order valence-corrected chi connectivity index (χ0v) is 11.6. The van der Waals surface area contributed by atoms with E-state index in [9.17, 15) is 9.18 Å². The highest BCUT2D eigenvalue weighted by Crippen LogP contribution is 2.17. The first kappa shape index (κ1) is 13.6. The summed E-state index contributed by atoms with van der Waals surface area (Å²) >= 11 is 3.04. The Labute approximate surface area is 117 Å². The van der Waals surface area contributed by atoms with E-state index in [1.807, 2.05) is 0 Å². The summed E-state index contributed by atoms with van der Waals surface area (Å²) in [5.74, 6) is -0.293. The second-order valence-corrected chi connectivity index (χ2v) is 4.63. The molecule has 1 aromatic carbocycles. The van der Waals surface area contributed by atoms with Gasteiger partial charge in [0.15, 0.2) is 5.78 Å². The Morgan fingerprint density at radius 1 is 1.37 bits per heavy atom. The number of benzene rings is 1. The molecule has 98 valence electrons. The summed E-state index contributed by atoms with van der Waals surface area (Å²) in [7, 11) is 1.48. The first-order valence-corrected chi connectivity index (χ1v) is 6.22. The molecule has 2 aromatic rings. The third-order valence-corrected chi connectivity index (χ3v) is 3.13. The van der Waals surface area contributed by atoms with Crippen LogP contribution in [0.3, 0.4) is 0 Å². The van der Waals surface area contributed by atoms with Gasteiger partial charge in [0.25, 0.3) is 0 Å². The molecular formula is C13H10BrFN2O2. The molecular weight excluding hydrogens is 315 g/mol. The summed E-state index contributed by atoms with van der Waals surface area (Å²) < 4.78 is 18.6. The largest absolute Gasteiger partial charge is 0.481 e. The highest BCUT2D eigenvalue weighted by molar-refractivity contribution is 9.10. The Morgan fingerprint density at radius 2 is 2.16 bits per heavy atom. The van der Waals surface area contributed by atoms with E-state index in [0.29, 0.717) is 21.6 Å². The van der Waals surface area contributed by atoms with E-state index in [-0.39, 0.29) is 12.2 Å². The second kappa shape index (κ2) is 5.88. The maximum Gasteiger partial charge on any atom is 0.216 e. The van der Waals surface area contributed by atoms with Gasteiger partial charge in [0.2, 0.25) is 5.88 Å². The van der Waals surface area contributed by atoms with Gasteiger partial charge in [-0.25, -0.2) is 14.4 Å². The fraction of sp³-hybridized carbons (Fsp3) is 0.154. The monoisotopic (exact) mass is 324 g/mol. The van der Waals surface area contributed by atoms with Gasteiger partial charge in [-0.1, -0.05) is 6.07 Å². The maximum absolute atomic E-state index is 13.4. The van der Waals surface area contributed by atoms with Gasteiger partial charge in [-0.3, -0.25) is 4.79 Å². The number of Topliss-reactive ketones (excluding diaryl/α,β-unsaturated/α-hetero) is 1. The Balaban J connectivity index is 2.18. The molecule has 0 aliphatic heterocycles. The Bertz CT molecular complexity index is 619. The molecule has 0 fully saturated rings. The lowest BCUT2D eigenvalue weighted by Gasteiger charge is -2.03. The molecule has 0 radical (unpaired) electrons. The van der Waals surface area contributed by atoms with Crippen molar-refractivity contribution in [1.29, 1.82) is 0 Å². The Kier molecular flexibility index (Phi) is 4.21. The van der Waals surface area contributed by atoms with Crippen LogP contribution in [0.4, 0.5) is 4.39 Å². The van der Waals surface area contributed by atoms with Crippen molar-refractivity contribution in [3.8, 4) is 5.88 Å². The number of hydrogen-bond acceptors (Lipinski definition) is 4. The molecule has 6 heteroatoms. The summed E-state index contributed by atoms with van der Waals surface area (Å²) in [6.45, 7) is 0. The molecule has 0 saturated heterocycles. The van der Waals surface area contributed by atoms with Crippen molar-refractivity contribution < 1.29 is 13.9 Å². The topological polar surface area (TPSA) is 52.1 Å². The number of carbonyl (C=O) groups is 1. The second-order valence-electron chi connectivity index (χ2n) is 3.78.